The van der Waals surface area contributed by atoms with E-state index in [2.05, 4.69) is 115 Å². The molecule has 0 fully saturated rings. The molecule has 0 bridgehead atoms. The molecule has 0 amide bonds. The van der Waals surface area contributed by atoms with Gasteiger partial charge in [-0.1, -0.05) is 109 Å². The number of aliphatic hydroxyl groups is 1. The molecule has 1 radical (unpaired) electrons. The Labute approximate surface area is 237 Å². The van der Waals surface area contributed by atoms with Gasteiger partial charge in [0.2, 0.25) is 0 Å². The summed E-state index contributed by atoms with van der Waals surface area (Å²) in [5, 5.41) is 10.7. The minimum atomic E-state index is -1.00. The van der Waals surface area contributed by atoms with Gasteiger partial charge in [-0.2, -0.15) is 0 Å². The first-order chi connectivity index (χ1) is 19.2. The Hall–Kier alpha value is -3.92. The molecule has 2 aliphatic carbocycles. The number of hydrogen-bond acceptors (Lipinski definition) is 2. The van der Waals surface area contributed by atoms with Crippen molar-refractivity contribution in [3.05, 3.63) is 138 Å². The molecular formula is C37H32BO2. The van der Waals surface area contributed by atoms with Crippen molar-refractivity contribution in [3.8, 4) is 33.4 Å². The van der Waals surface area contributed by atoms with E-state index < -0.39 is 16.6 Å². The topological polar surface area (TPSA) is 29.5 Å². The van der Waals surface area contributed by atoms with Gasteiger partial charge in [0, 0.05) is 0 Å². The van der Waals surface area contributed by atoms with Crippen LogP contribution in [-0.4, -0.2) is 23.8 Å². The lowest BCUT2D eigenvalue weighted by Gasteiger charge is -2.37. The average molecular weight is 519 g/mol. The Morgan fingerprint density at radius 3 is 1.90 bits per heavy atom. The van der Waals surface area contributed by atoms with E-state index in [1.165, 1.54) is 55.6 Å². The fraction of sp³-hybridized carbons (Fsp3) is 0.189. The molecule has 7 rings (SSSR count). The molecule has 1 spiro atoms. The van der Waals surface area contributed by atoms with Crippen LogP contribution < -0.4 is 5.46 Å². The fourth-order valence-corrected chi connectivity index (χ4v) is 6.48. The van der Waals surface area contributed by atoms with E-state index in [9.17, 15) is 5.11 Å². The van der Waals surface area contributed by atoms with E-state index in [0.29, 0.717) is 0 Å². The molecule has 2 nitrogen and oxygen atoms in total. The first-order valence-corrected chi connectivity index (χ1v) is 14.0. The average Bonchev–Trinajstić information content (AvgIpc) is 3.43. The van der Waals surface area contributed by atoms with E-state index in [0.717, 1.165) is 5.46 Å². The number of benzene rings is 5. The van der Waals surface area contributed by atoms with E-state index in [4.69, 9.17) is 4.65 Å². The van der Waals surface area contributed by atoms with Crippen molar-refractivity contribution in [1.82, 2.24) is 0 Å². The summed E-state index contributed by atoms with van der Waals surface area (Å²) in [7, 11) is 1.84. The maximum absolute atomic E-state index is 10.7. The van der Waals surface area contributed by atoms with Crippen LogP contribution in [0.4, 0.5) is 0 Å². The molecule has 0 aliphatic heterocycles. The smallest absolute Gasteiger partial charge is 0.331 e. The molecule has 0 saturated heterocycles. The van der Waals surface area contributed by atoms with Crippen molar-refractivity contribution in [3.63, 3.8) is 0 Å². The summed E-state index contributed by atoms with van der Waals surface area (Å²) in [4.78, 5) is 0. The molecule has 0 aromatic heterocycles. The Kier molecular flexibility index (Phi) is 5.51. The summed E-state index contributed by atoms with van der Waals surface area (Å²) in [5.41, 5.74) is 11.4. The Morgan fingerprint density at radius 2 is 1.18 bits per heavy atom. The predicted molar refractivity (Wildman–Crippen MR) is 165 cm³/mol. The summed E-state index contributed by atoms with van der Waals surface area (Å²) in [5.74, 6) is 0. The minimum Gasteiger partial charge on any atom is -0.427 e. The Morgan fingerprint density at radius 1 is 0.575 bits per heavy atom. The van der Waals surface area contributed by atoms with Crippen molar-refractivity contribution >= 4 is 12.9 Å². The Bertz CT molecular complexity index is 1760. The molecule has 3 heteroatoms. The van der Waals surface area contributed by atoms with E-state index in [1.54, 1.807) is 13.8 Å². The molecule has 1 unspecified atom stereocenters. The molecule has 40 heavy (non-hydrogen) atoms. The second-order valence-corrected chi connectivity index (χ2v) is 12.0. The van der Waals surface area contributed by atoms with Gasteiger partial charge in [-0.25, -0.2) is 0 Å². The van der Waals surface area contributed by atoms with Gasteiger partial charge < -0.3 is 9.76 Å². The standard InChI is InChI=1S/C37H32BO2/c1-35(2,39)36(3,4)40-38-33-20-12-19-31-34(33)28-16-9-11-18-30(28)37(31)29-17-10-8-15-26(29)27-22-21-25(23-32(27)37)24-13-6-5-7-14-24/h5-23,39H,1-4H3. The first kappa shape index (κ1) is 25.1. The highest BCUT2D eigenvalue weighted by Gasteiger charge is 2.52. The zero-order valence-corrected chi connectivity index (χ0v) is 23.4. The zero-order valence-electron chi connectivity index (χ0n) is 23.4. The molecule has 195 valence electrons. The van der Waals surface area contributed by atoms with Crippen molar-refractivity contribution < 1.29 is 9.76 Å². The van der Waals surface area contributed by atoms with Crippen LogP contribution in [0, 0.1) is 0 Å². The number of rotatable bonds is 5. The summed E-state index contributed by atoms with van der Waals surface area (Å²) in [6.07, 6.45) is 0. The highest BCUT2D eigenvalue weighted by atomic mass is 16.5. The molecule has 1 N–H and O–H groups in total. The van der Waals surface area contributed by atoms with Crippen molar-refractivity contribution in [2.24, 2.45) is 0 Å². The third-order valence-corrected chi connectivity index (χ3v) is 9.21. The summed E-state index contributed by atoms with van der Waals surface area (Å²) < 4.78 is 6.31. The van der Waals surface area contributed by atoms with Crippen LogP contribution in [-0.2, 0) is 10.1 Å². The van der Waals surface area contributed by atoms with Crippen LogP contribution in [0.5, 0.6) is 0 Å². The third kappa shape index (κ3) is 3.44. The van der Waals surface area contributed by atoms with Crippen molar-refractivity contribution in [2.45, 2.75) is 44.3 Å². The second-order valence-electron chi connectivity index (χ2n) is 12.0. The largest absolute Gasteiger partial charge is 0.427 e. The summed E-state index contributed by atoms with van der Waals surface area (Å²) in [6.45, 7) is 7.43. The number of hydrogen-bond donors (Lipinski definition) is 1. The van der Waals surface area contributed by atoms with Gasteiger partial charge in [0.25, 0.3) is 0 Å². The molecular weight excluding hydrogens is 487 g/mol. The quantitative estimate of drug-likeness (QED) is 0.239. The monoisotopic (exact) mass is 519 g/mol. The first-order valence-electron chi connectivity index (χ1n) is 14.0. The van der Waals surface area contributed by atoms with Gasteiger partial charge in [-0.15, -0.1) is 0 Å². The van der Waals surface area contributed by atoms with Crippen LogP contribution in [0.3, 0.4) is 0 Å². The lowest BCUT2D eigenvalue weighted by molar-refractivity contribution is -0.0893. The van der Waals surface area contributed by atoms with E-state index in [1.807, 2.05) is 21.3 Å². The van der Waals surface area contributed by atoms with E-state index >= 15 is 0 Å². The maximum Gasteiger partial charge on any atom is 0.331 e. The van der Waals surface area contributed by atoms with E-state index in [-0.39, 0.29) is 0 Å². The molecule has 5 aromatic rings. The highest BCUT2D eigenvalue weighted by molar-refractivity contribution is 6.50. The molecule has 0 saturated carbocycles. The highest BCUT2D eigenvalue weighted by Crippen LogP contribution is 2.62. The normalized spacial score (nSPS) is 16.8. The van der Waals surface area contributed by atoms with Crippen LogP contribution >= 0.6 is 0 Å². The SMILES string of the molecule is CC(C)(O)C(C)(C)O[B]c1cccc2c1-c1ccccc1C21c2ccccc2-c2ccc(-c3ccccc3)cc21. The predicted octanol–water partition coefficient (Wildman–Crippen LogP) is 7.51. The zero-order chi connectivity index (χ0) is 27.7. The summed E-state index contributed by atoms with van der Waals surface area (Å²) in [6, 6.07) is 41.8. The lowest BCUT2D eigenvalue weighted by atomic mass is 9.69. The van der Waals surface area contributed by atoms with Crippen LogP contribution in [0.1, 0.15) is 49.9 Å². The van der Waals surface area contributed by atoms with Gasteiger partial charge in [-0.05, 0) is 94.9 Å². The van der Waals surface area contributed by atoms with Gasteiger partial charge in [-0.3, -0.25) is 0 Å². The lowest BCUT2D eigenvalue weighted by Crippen LogP contribution is -2.49. The number of fused-ring (bicyclic) bond motifs is 10. The second kappa shape index (κ2) is 8.79. The van der Waals surface area contributed by atoms with Gasteiger partial charge >= 0.3 is 7.48 Å². The van der Waals surface area contributed by atoms with Crippen LogP contribution in [0.2, 0.25) is 0 Å². The van der Waals surface area contributed by atoms with Crippen LogP contribution in [0.15, 0.2) is 115 Å². The molecule has 5 aromatic carbocycles. The Balaban J connectivity index is 1.50. The maximum atomic E-state index is 10.7. The molecule has 2 aliphatic rings. The van der Waals surface area contributed by atoms with Gasteiger partial charge in [0.05, 0.1) is 16.6 Å². The summed E-state index contributed by atoms with van der Waals surface area (Å²) >= 11 is 0. The minimum absolute atomic E-state index is 0.432. The van der Waals surface area contributed by atoms with Gasteiger partial charge in [0.1, 0.15) is 0 Å². The van der Waals surface area contributed by atoms with Gasteiger partial charge in [0.15, 0.2) is 0 Å². The fourth-order valence-electron chi connectivity index (χ4n) is 6.48. The van der Waals surface area contributed by atoms with Crippen molar-refractivity contribution in [1.29, 1.82) is 0 Å². The van der Waals surface area contributed by atoms with Crippen molar-refractivity contribution in [2.75, 3.05) is 0 Å². The van der Waals surface area contributed by atoms with Crippen LogP contribution in [0.25, 0.3) is 33.4 Å². The third-order valence-electron chi connectivity index (χ3n) is 9.21. The molecule has 1 atom stereocenters. The molecule has 0 heterocycles.